The minimum atomic E-state index is 0.676. The van der Waals surface area contributed by atoms with E-state index in [4.69, 9.17) is 19.9 Å². The first-order valence-corrected chi connectivity index (χ1v) is 15.6. The highest BCUT2D eigenvalue weighted by molar-refractivity contribution is 6.08. The summed E-state index contributed by atoms with van der Waals surface area (Å²) in [5, 5.41) is 2.17. The number of hydrogen-bond acceptors (Lipinski definition) is 4. The second-order valence-corrected chi connectivity index (χ2v) is 11.4. The zero-order chi connectivity index (χ0) is 30.9. The largest absolute Gasteiger partial charge is 0.251 e. The Morgan fingerprint density at radius 2 is 1.00 bits per heavy atom. The summed E-state index contributed by atoms with van der Waals surface area (Å²) >= 11 is 0. The zero-order valence-electron chi connectivity index (χ0n) is 25.4. The Labute approximate surface area is 268 Å². The number of nitrogens with zero attached hydrogens (tertiary/aromatic N) is 4. The van der Waals surface area contributed by atoms with Gasteiger partial charge in [-0.15, -0.1) is 0 Å². The molecule has 218 valence electrons. The lowest BCUT2D eigenvalue weighted by molar-refractivity contribution is 1.06. The van der Waals surface area contributed by atoms with Crippen LogP contribution in [0.15, 0.2) is 152 Å². The van der Waals surface area contributed by atoms with Gasteiger partial charge in [-0.25, -0.2) is 15.0 Å². The van der Waals surface area contributed by atoms with Crippen LogP contribution in [0.5, 0.6) is 0 Å². The molecule has 4 heteroatoms. The van der Waals surface area contributed by atoms with Crippen molar-refractivity contribution >= 4 is 21.8 Å². The van der Waals surface area contributed by atoms with E-state index in [1.165, 1.54) is 11.1 Å². The molecule has 0 fully saturated rings. The summed E-state index contributed by atoms with van der Waals surface area (Å²) in [4.78, 5) is 20.4. The van der Waals surface area contributed by atoms with Gasteiger partial charge < -0.3 is 0 Å². The lowest BCUT2D eigenvalue weighted by atomic mass is 9.98. The molecule has 0 aliphatic heterocycles. The highest BCUT2D eigenvalue weighted by Crippen LogP contribution is 2.34. The number of aromatic nitrogens is 4. The molecular formula is C42H30N4. The van der Waals surface area contributed by atoms with E-state index in [-0.39, 0.29) is 0 Å². The average Bonchev–Trinajstić information content (AvgIpc) is 3.15. The van der Waals surface area contributed by atoms with Crippen molar-refractivity contribution in [1.82, 2.24) is 19.9 Å². The van der Waals surface area contributed by atoms with Gasteiger partial charge in [-0.05, 0) is 41.8 Å². The summed E-state index contributed by atoms with van der Waals surface area (Å²) < 4.78 is 0. The van der Waals surface area contributed by atoms with Gasteiger partial charge in [-0.2, -0.15) is 0 Å². The lowest BCUT2D eigenvalue weighted by Gasteiger charge is -2.12. The fourth-order valence-electron chi connectivity index (χ4n) is 6.03. The third-order valence-electron chi connectivity index (χ3n) is 8.42. The van der Waals surface area contributed by atoms with Crippen molar-refractivity contribution in [1.29, 1.82) is 0 Å². The molecular weight excluding hydrogens is 560 g/mol. The summed E-state index contributed by atoms with van der Waals surface area (Å²) in [7, 11) is 0. The summed E-state index contributed by atoms with van der Waals surface area (Å²) in [5.41, 5.74) is 11.9. The van der Waals surface area contributed by atoms with Crippen molar-refractivity contribution in [3.05, 3.63) is 157 Å². The van der Waals surface area contributed by atoms with Gasteiger partial charge in [0.05, 0.1) is 28.1 Å². The van der Waals surface area contributed by atoms with Crippen LogP contribution in [0.1, 0.15) is 12.6 Å². The average molecular weight is 591 g/mol. The number of fused-ring (bicyclic) bond motifs is 3. The van der Waals surface area contributed by atoms with E-state index >= 15 is 0 Å². The van der Waals surface area contributed by atoms with Crippen molar-refractivity contribution in [2.24, 2.45) is 0 Å². The third kappa shape index (κ3) is 5.20. The van der Waals surface area contributed by atoms with Gasteiger partial charge in [0.25, 0.3) is 0 Å². The minimum absolute atomic E-state index is 0.676. The number of benzene rings is 5. The molecule has 0 aliphatic rings. The highest BCUT2D eigenvalue weighted by Gasteiger charge is 2.14. The second-order valence-electron chi connectivity index (χ2n) is 11.4. The third-order valence-corrected chi connectivity index (χ3v) is 8.42. The van der Waals surface area contributed by atoms with Crippen LogP contribution in [-0.2, 0) is 6.42 Å². The topological polar surface area (TPSA) is 51.6 Å². The first kappa shape index (κ1) is 27.5. The molecule has 0 atom stereocenters. The van der Waals surface area contributed by atoms with Crippen molar-refractivity contribution in [3.8, 4) is 56.3 Å². The van der Waals surface area contributed by atoms with Crippen molar-refractivity contribution in [3.63, 3.8) is 0 Å². The van der Waals surface area contributed by atoms with Crippen LogP contribution in [0, 0.1) is 0 Å². The minimum Gasteiger partial charge on any atom is -0.251 e. The van der Waals surface area contributed by atoms with Gasteiger partial charge in [0.2, 0.25) is 0 Å². The van der Waals surface area contributed by atoms with Gasteiger partial charge in [0, 0.05) is 38.7 Å². The molecule has 46 heavy (non-hydrogen) atoms. The van der Waals surface area contributed by atoms with E-state index in [2.05, 4.69) is 122 Å². The number of pyridine rings is 2. The van der Waals surface area contributed by atoms with Crippen LogP contribution in [0.3, 0.4) is 0 Å². The highest BCUT2D eigenvalue weighted by atomic mass is 14.9. The molecule has 3 aromatic heterocycles. The molecule has 0 spiro atoms. The molecule has 0 saturated carbocycles. The standard InChI is InChI=1S/C42H30N4/c1-2-34-26-36(28-13-6-3-7-14-28)35-23-21-31-22-24-37(44-40(31)41(35)43-34)32-19-12-20-33(25-32)42-45-38(29-15-8-4-9-16-29)27-39(46-42)30-17-10-5-11-18-30/h3-27H,2H2,1H3. The first-order chi connectivity index (χ1) is 22.7. The zero-order valence-corrected chi connectivity index (χ0v) is 25.4. The van der Waals surface area contributed by atoms with Gasteiger partial charge in [-0.3, -0.25) is 4.98 Å². The monoisotopic (exact) mass is 590 g/mol. The van der Waals surface area contributed by atoms with Crippen molar-refractivity contribution < 1.29 is 0 Å². The summed E-state index contributed by atoms with van der Waals surface area (Å²) in [6.45, 7) is 2.15. The Morgan fingerprint density at radius 1 is 0.413 bits per heavy atom. The number of rotatable bonds is 6. The Morgan fingerprint density at radius 3 is 1.65 bits per heavy atom. The van der Waals surface area contributed by atoms with E-state index in [1.807, 2.05) is 36.4 Å². The Hall–Kier alpha value is -6.00. The van der Waals surface area contributed by atoms with Gasteiger partial charge >= 0.3 is 0 Å². The van der Waals surface area contributed by atoms with Gasteiger partial charge in [-0.1, -0.05) is 134 Å². The maximum atomic E-state index is 5.25. The van der Waals surface area contributed by atoms with Crippen LogP contribution in [0.25, 0.3) is 78.1 Å². The Balaban J connectivity index is 1.27. The van der Waals surface area contributed by atoms with E-state index < -0.39 is 0 Å². The SMILES string of the molecule is CCc1cc(-c2ccccc2)c2ccc3ccc(-c4cccc(-c5nc(-c6ccccc6)cc(-c6ccccc6)n5)c4)nc3c2n1. The Kier molecular flexibility index (Phi) is 7.08. The summed E-state index contributed by atoms with van der Waals surface area (Å²) in [6, 6.07) is 52.3. The van der Waals surface area contributed by atoms with Crippen LogP contribution < -0.4 is 0 Å². The molecule has 3 heterocycles. The predicted octanol–water partition coefficient (Wildman–Crippen LogP) is 10.5. The van der Waals surface area contributed by atoms with Crippen LogP contribution in [0.4, 0.5) is 0 Å². The lowest BCUT2D eigenvalue weighted by Crippen LogP contribution is -1.97. The van der Waals surface area contributed by atoms with Crippen molar-refractivity contribution in [2.75, 3.05) is 0 Å². The first-order valence-electron chi connectivity index (χ1n) is 15.6. The normalized spacial score (nSPS) is 11.2. The fourth-order valence-corrected chi connectivity index (χ4v) is 6.03. The smallest absolute Gasteiger partial charge is 0.160 e. The number of hydrogen-bond donors (Lipinski definition) is 0. The molecule has 0 unspecified atom stereocenters. The number of aryl methyl sites for hydroxylation is 1. The molecule has 0 aliphatic carbocycles. The molecule has 0 N–H and O–H groups in total. The van der Waals surface area contributed by atoms with E-state index in [0.29, 0.717) is 5.82 Å². The molecule has 5 aromatic carbocycles. The maximum absolute atomic E-state index is 5.25. The van der Waals surface area contributed by atoms with Gasteiger partial charge in [0.15, 0.2) is 5.82 Å². The van der Waals surface area contributed by atoms with E-state index in [1.54, 1.807) is 0 Å². The molecule has 8 aromatic rings. The molecule has 0 radical (unpaired) electrons. The van der Waals surface area contributed by atoms with Crippen molar-refractivity contribution in [2.45, 2.75) is 13.3 Å². The van der Waals surface area contributed by atoms with Crippen LogP contribution in [0.2, 0.25) is 0 Å². The van der Waals surface area contributed by atoms with E-state index in [0.717, 1.165) is 73.3 Å². The predicted molar refractivity (Wildman–Crippen MR) is 189 cm³/mol. The van der Waals surface area contributed by atoms with Gasteiger partial charge in [0.1, 0.15) is 0 Å². The van der Waals surface area contributed by atoms with Crippen LogP contribution in [-0.4, -0.2) is 19.9 Å². The quantitative estimate of drug-likeness (QED) is 0.181. The summed E-state index contributed by atoms with van der Waals surface area (Å²) in [6.07, 6.45) is 0.848. The van der Waals surface area contributed by atoms with E-state index in [9.17, 15) is 0 Å². The summed E-state index contributed by atoms with van der Waals surface area (Å²) in [5.74, 6) is 0.676. The molecule has 0 amide bonds. The molecule has 4 nitrogen and oxygen atoms in total. The molecule has 0 saturated heterocycles. The molecule has 8 rings (SSSR count). The second kappa shape index (κ2) is 11.8. The Bertz CT molecular complexity index is 2280. The molecule has 0 bridgehead atoms. The van der Waals surface area contributed by atoms with Crippen LogP contribution >= 0.6 is 0 Å². The maximum Gasteiger partial charge on any atom is 0.160 e. The fraction of sp³-hybridized carbons (Fsp3) is 0.0476.